The molecule has 0 radical (unpaired) electrons. The Labute approximate surface area is 122 Å². The fourth-order valence-corrected chi connectivity index (χ4v) is 3.18. The van der Waals surface area contributed by atoms with E-state index in [2.05, 4.69) is 0 Å². The Morgan fingerprint density at radius 1 is 1.29 bits per heavy atom. The maximum absolute atomic E-state index is 14.5. The molecule has 2 aliphatic rings. The number of nitrogens with zero attached hydrogens (tertiary/aromatic N) is 1. The Morgan fingerprint density at radius 3 is 2.52 bits per heavy atom. The molecule has 0 N–H and O–H groups in total. The van der Waals surface area contributed by atoms with Gasteiger partial charge in [-0.2, -0.15) is 0 Å². The fraction of sp³-hybridized carbons (Fsp3) is 0.500. The summed E-state index contributed by atoms with van der Waals surface area (Å²) in [4.78, 5) is 25.5. The molecular weight excluding hydrogens is 273 g/mol. The minimum atomic E-state index is -1.21. The zero-order chi connectivity index (χ0) is 15.4. The second-order valence-corrected chi connectivity index (χ2v) is 6.59. The first-order valence-electron chi connectivity index (χ1n) is 7.07. The van der Waals surface area contributed by atoms with Crippen LogP contribution in [0.3, 0.4) is 0 Å². The Balaban J connectivity index is 1.96. The first-order valence-corrected chi connectivity index (χ1v) is 7.07. The standard InChI is InChI=1S/C16H18FNO3/c1-16(2,3)21-15(20)18-12(19)8-11-13(17)9-6-4-5-7-10(9)14(11)18/h4-7,11,13-14H,8H2,1-3H3/t11-,13+,14+/m0/s1. The summed E-state index contributed by atoms with van der Waals surface area (Å²) in [6.07, 6.45) is -1.86. The van der Waals surface area contributed by atoms with E-state index in [9.17, 15) is 14.0 Å². The first kappa shape index (κ1) is 14.0. The number of imide groups is 1. The molecule has 0 saturated carbocycles. The molecule has 3 rings (SSSR count). The summed E-state index contributed by atoms with van der Waals surface area (Å²) in [6.45, 7) is 5.22. The molecule has 1 aromatic rings. The van der Waals surface area contributed by atoms with Gasteiger partial charge in [-0.15, -0.1) is 0 Å². The average Bonchev–Trinajstić information content (AvgIpc) is 2.84. The predicted octanol–water partition coefficient (Wildman–Crippen LogP) is 3.54. The maximum atomic E-state index is 14.5. The van der Waals surface area contributed by atoms with Crippen molar-refractivity contribution in [2.45, 2.75) is 45.0 Å². The van der Waals surface area contributed by atoms with Crippen LogP contribution in [0.4, 0.5) is 9.18 Å². The van der Waals surface area contributed by atoms with Crippen molar-refractivity contribution in [3.63, 3.8) is 0 Å². The quantitative estimate of drug-likeness (QED) is 0.734. The van der Waals surface area contributed by atoms with Gasteiger partial charge in [0.05, 0.1) is 6.04 Å². The number of rotatable bonds is 0. The number of fused-ring (bicyclic) bond motifs is 3. The Bertz CT molecular complexity index is 608. The Hall–Kier alpha value is -1.91. The summed E-state index contributed by atoms with van der Waals surface area (Å²) in [6, 6.07) is 6.52. The molecular formula is C16H18FNO3. The summed E-state index contributed by atoms with van der Waals surface area (Å²) in [5, 5.41) is 0. The highest BCUT2D eigenvalue weighted by atomic mass is 19.1. The SMILES string of the molecule is CC(C)(C)OC(=O)N1C(=O)C[C@H]2[C@H](F)c3ccccc3[C@H]21. The molecule has 112 valence electrons. The van der Waals surface area contributed by atoms with Crippen molar-refractivity contribution in [1.82, 2.24) is 4.90 Å². The van der Waals surface area contributed by atoms with E-state index < -0.39 is 29.8 Å². The maximum Gasteiger partial charge on any atom is 0.417 e. The van der Waals surface area contributed by atoms with E-state index in [1.165, 1.54) is 0 Å². The number of carbonyl (C=O) groups is 2. The number of carbonyl (C=O) groups excluding carboxylic acids is 2. The molecule has 2 amide bonds. The van der Waals surface area contributed by atoms with Gasteiger partial charge in [-0.05, 0) is 31.9 Å². The molecule has 0 aromatic heterocycles. The van der Waals surface area contributed by atoms with Crippen LogP contribution in [0.5, 0.6) is 0 Å². The first-order chi connectivity index (χ1) is 9.79. The zero-order valence-electron chi connectivity index (χ0n) is 12.3. The fourth-order valence-electron chi connectivity index (χ4n) is 3.18. The van der Waals surface area contributed by atoms with Crippen molar-refractivity contribution in [3.8, 4) is 0 Å². The minimum absolute atomic E-state index is 0.0414. The highest BCUT2D eigenvalue weighted by molar-refractivity contribution is 5.95. The molecule has 1 saturated heterocycles. The van der Waals surface area contributed by atoms with E-state index in [1.54, 1.807) is 45.0 Å². The van der Waals surface area contributed by atoms with Crippen LogP contribution in [0.25, 0.3) is 0 Å². The van der Waals surface area contributed by atoms with Crippen LogP contribution in [0.2, 0.25) is 0 Å². The number of hydrogen-bond donors (Lipinski definition) is 0. The molecule has 4 nitrogen and oxygen atoms in total. The third kappa shape index (κ3) is 2.20. The van der Waals surface area contributed by atoms with Gasteiger partial charge >= 0.3 is 6.09 Å². The van der Waals surface area contributed by atoms with E-state index in [4.69, 9.17) is 4.74 Å². The summed E-state index contributed by atoms with van der Waals surface area (Å²) in [7, 11) is 0. The lowest BCUT2D eigenvalue weighted by Crippen LogP contribution is -2.39. The topological polar surface area (TPSA) is 46.6 Å². The van der Waals surface area contributed by atoms with Gasteiger partial charge in [-0.3, -0.25) is 4.79 Å². The van der Waals surface area contributed by atoms with Crippen LogP contribution in [-0.2, 0) is 9.53 Å². The van der Waals surface area contributed by atoms with Crippen molar-refractivity contribution in [2.24, 2.45) is 5.92 Å². The van der Waals surface area contributed by atoms with Crippen LogP contribution in [0.15, 0.2) is 24.3 Å². The number of benzene rings is 1. The van der Waals surface area contributed by atoms with Gasteiger partial charge in [0.25, 0.3) is 0 Å². The van der Waals surface area contributed by atoms with E-state index in [-0.39, 0.29) is 12.3 Å². The van der Waals surface area contributed by atoms with Crippen molar-refractivity contribution in [1.29, 1.82) is 0 Å². The average molecular weight is 291 g/mol. The van der Waals surface area contributed by atoms with Crippen LogP contribution in [-0.4, -0.2) is 22.5 Å². The van der Waals surface area contributed by atoms with Gasteiger partial charge in [0.2, 0.25) is 5.91 Å². The summed E-state index contributed by atoms with van der Waals surface area (Å²) >= 11 is 0. The summed E-state index contributed by atoms with van der Waals surface area (Å²) in [5.74, 6) is -0.862. The molecule has 5 heteroatoms. The van der Waals surface area contributed by atoms with Gasteiger partial charge in [0.15, 0.2) is 0 Å². The van der Waals surface area contributed by atoms with Crippen molar-refractivity contribution in [2.75, 3.05) is 0 Å². The summed E-state index contributed by atoms with van der Waals surface area (Å²) in [5.41, 5.74) is 0.600. The summed E-state index contributed by atoms with van der Waals surface area (Å²) < 4.78 is 19.8. The highest BCUT2D eigenvalue weighted by Crippen LogP contribution is 2.54. The van der Waals surface area contributed by atoms with Crippen LogP contribution in [0, 0.1) is 5.92 Å². The Kier molecular flexibility index (Phi) is 3.04. The van der Waals surface area contributed by atoms with Gasteiger partial charge in [0, 0.05) is 12.3 Å². The minimum Gasteiger partial charge on any atom is -0.443 e. The van der Waals surface area contributed by atoms with E-state index >= 15 is 0 Å². The van der Waals surface area contributed by atoms with E-state index in [1.807, 2.05) is 0 Å². The molecule has 0 bridgehead atoms. The number of amides is 2. The third-order valence-electron chi connectivity index (χ3n) is 3.94. The number of likely N-dealkylation sites (tertiary alicyclic amines) is 1. The second-order valence-electron chi connectivity index (χ2n) is 6.59. The monoisotopic (exact) mass is 291 g/mol. The lowest BCUT2D eigenvalue weighted by atomic mass is 10.0. The van der Waals surface area contributed by atoms with Gasteiger partial charge in [0.1, 0.15) is 11.8 Å². The van der Waals surface area contributed by atoms with Crippen molar-refractivity contribution >= 4 is 12.0 Å². The Morgan fingerprint density at radius 2 is 1.90 bits per heavy atom. The van der Waals surface area contributed by atoms with E-state index in [0.717, 1.165) is 4.90 Å². The zero-order valence-corrected chi connectivity index (χ0v) is 12.3. The largest absolute Gasteiger partial charge is 0.443 e. The molecule has 1 heterocycles. The lowest BCUT2D eigenvalue weighted by molar-refractivity contribution is -0.128. The lowest BCUT2D eigenvalue weighted by Gasteiger charge is -2.27. The van der Waals surface area contributed by atoms with Gasteiger partial charge < -0.3 is 4.74 Å². The predicted molar refractivity (Wildman–Crippen MR) is 74.2 cm³/mol. The highest BCUT2D eigenvalue weighted by Gasteiger charge is 2.54. The number of halogens is 1. The molecule has 1 aliphatic heterocycles. The smallest absolute Gasteiger partial charge is 0.417 e. The van der Waals surface area contributed by atoms with Gasteiger partial charge in [-0.25, -0.2) is 14.1 Å². The molecule has 1 aliphatic carbocycles. The van der Waals surface area contributed by atoms with Crippen molar-refractivity contribution < 1.29 is 18.7 Å². The van der Waals surface area contributed by atoms with Crippen LogP contribution < -0.4 is 0 Å². The van der Waals surface area contributed by atoms with Crippen LogP contribution >= 0.6 is 0 Å². The molecule has 0 unspecified atom stereocenters. The number of hydrogen-bond acceptors (Lipinski definition) is 3. The molecule has 1 aromatic carbocycles. The number of alkyl halides is 1. The number of ether oxygens (including phenoxy) is 1. The van der Waals surface area contributed by atoms with E-state index in [0.29, 0.717) is 11.1 Å². The third-order valence-corrected chi connectivity index (χ3v) is 3.94. The van der Waals surface area contributed by atoms with Crippen molar-refractivity contribution in [3.05, 3.63) is 35.4 Å². The molecule has 3 atom stereocenters. The second kappa shape index (κ2) is 4.55. The normalized spacial score (nSPS) is 27.5. The molecule has 1 fully saturated rings. The van der Waals surface area contributed by atoms with Crippen LogP contribution in [0.1, 0.15) is 50.5 Å². The van der Waals surface area contributed by atoms with Gasteiger partial charge in [-0.1, -0.05) is 24.3 Å². The molecule has 0 spiro atoms. The molecule has 21 heavy (non-hydrogen) atoms.